The standard InChI is InChI=1S/C14H17BrN2S2/c1-19-14(6-2-3-7-14)9-17-12-8-10(15)4-5-11(12)16-13(17)18/h4-5,8H,2-3,6-7,9H2,1H3,(H,16,18). The largest absolute Gasteiger partial charge is 0.331 e. The molecule has 1 heterocycles. The summed E-state index contributed by atoms with van der Waals surface area (Å²) in [5.74, 6) is 0. The van der Waals surface area contributed by atoms with Crippen LogP contribution in [0.25, 0.3) is 11.0 Å². The zero-order valence-electron chi connectivity index (χ0n) is 10.9. The highest BCUT2D eigenvalue weighted by Crippen LogP contribution is 2.42. The van der Waals surface area contributed by atoms with Gasteiger partial charge in [-0.05, 0) is 49.5 Å². The van der Waals surface area contributed by atoms with Gasteiger partial charge in [-0.2, -0.15) is 11.8 Å². The number of halogens is 1. The first-order valence-electron chi connectivity index (χ1n) is 6.57. The number of nitrogens with one attached hydrogen (secondary N) is 1. The molecule has 1 N–H and O–H groups in total. The predicted molar refractivity (Wildman–Crippen MR) is 89.5 cm³/mol. The lowest BCUT2D eigenvalue weighted by Crippen LogP contribution is -2.26. The zero-order valence-corrected chi connectivity index (χ0v) is 14.1. The van der Waals surface area contributed by atoms with E-state index >= 15 is 0 Å². The Kier molecular flexibility index (Phi) is 3.80. The number of benzene rings is 1. The summed E-state index contributed by atoms with van der Waals surface area (Å²) >= 11 is 11.1. The summed E-state index contributed by atoms with van der Waals surface area (Å²) in [5, 5.41) is 0. The number of nitrogens with zero attached hydrogens (tertiary/aromatic N) is 1. The Bertz CT molecular complexity index is 653. The average molecular weight is 357 g/mol. The van der Waals surface area contributed by atoms with Crippen molar-refractivity contribution in [2.75, 3.05) is 6.26 Å². The van der Waals surface area contributed by atoms with E-state index in [4.69, 9.17) is 12.2 Å². The quantitative estimate of drug-likeness (QED) is 0.768. The third kappa shape index (κ3) is 2.52. The molecular weight excluding hydrogens is 340 g/mol. The number of aromatic nitrogens is 2. The molecule has 0 atom stereocenters. The molecular formula is C14H17BrN2S2. The van der Waals surface area contributed by atoms with E-state index in [1.165, 1.54) is 31.2 Å². The molecule has 0 amide bonds. The number of hydrogen-bond acceptors (Lipinski definition) is 2. The van der Waals surface area contributed by atoms with Crippen LogP contribution in [0.15, 0.2) is 22.7 Å². The second-order valence-electron chi connectivity index (χ2n) is 5.27. The van der Waals surface area contributed by atoms with Gasteiger partial charge in [0.1, 0.15) is 0 Å². The van der Waals surface area contributed by atoms with Crippen LogP contribution < -0.4 is 0 Å². The minimum atomic E-state index is 0.371. The maximum absolute atomic E-state index is 5.51. The van der Waals surface area contributed by atoms with Gasteiger partial charge < -0.3 is 9.55 Å². The van der Waals surface area contributed by atoms with Crippen molar-refractivity contribution in [3.8, 4) is 0 Å². The van der Waals surface area contributed by atoms with Crippen LogP contribution >= 0.6 is 39.9 Å². The number of aromatic amines is 1. The predicted octanol–water partition coefficient (Wildman–Crippen LogP) is 5.14. The molecule has 19 heavy (non-hydrogen) atoms. The average Bonchev–Trinajstić information content (AvgIpc) is 2.98. The van der Waals surface area contributed by atoms with E-state index < -0.39 is 0 Å². The maximum Gasteiger partial charge on any atom is 0.178 e. The first-order chi connectivity index (χ1) is 9.13. The lowest BCUT2D eigenvalue weighted by molar-refractivity contribution is 0.510. The van der Waals surface area contributed by atoms with Crippen LogP contribution in [-0.2, 0) is 6.54 Å². The summed E-state index contributed by atoms with van der Waals surface area (Å²) in [6, 6.07) is 6.30. The molecule has 1 aliphatic rings. The van der Waals surface area contributed by atoms with Gasteiger partial charge in [0.25, 0.3) is 0 Å². The summed E-state index contributed by atoms with van der Waals surface area (Å²) in [6.07, 6.45) is 7.54. The molecule has 2 aromatic rings. The first-order valence-corrected chi connectivity index (χ1v) is 8.99. The van der Waals surface area contributed by atoms with Crippen LogP contribution in [-0.4, -0.2) is 20.6 Å². The third-order valence-electron chi connectivity index (χ3n) is 4.13. The van der Waals surface area contributed by atoms with E-state index in [0.29, 0.717) is 4.75 Å². The highest BCUT2D eigenvalue weighted by atomic mass is 79.9. The fourth-order valence-electron chi connectivity index (χ4n) is 3.02. The van der Waals surface area contributed by atoms with E-state index in [0.717, 1.165) is 21.3 Å². The molecule has 5 heteroatoms. The summed E-state index contributed by atoms with van der Waals surface area (Å²) < 4.78 is 4.59. The van der Waals surface area contributed by atoms with E-state index in [1.54, 1.807) is 0 Å². The highest BCUT2D eigenvalue weighted by molar-refractivity contribution is 9.10. The fourth-order valence-corrected chi connectivity index (χ4v) is 4.59. The molecule has 1 aliphatic carbocycles. The molecule has 1 fully saturated rings. The van der Waals surface area contributed by atoms with Crippen molar-refractivity contribution in [1.29, 1.82) is 0 Å². The molecule has 0 spiro atoms. The van der Waals surface area contributed by atoms with Gasteiger partial charge in [0, 0.05) is 15.8 Å². The Balaban J connectivity index is 2.07. The number of thioether (sulfide) groups is 1. The van der Waals surface area contributed by atoms with E-state index in [2.05, 4.69) is 49.9 Å². The Morgan fingerprint density at radius 3 is 2.84 bits per heavy atom. The molecule has 3 rings (SSSR count). The summed E-state index contributed by atoms with van der Waals surface area (Å²) in [7, 11) is 0. The van der Waals surface area contributed by atoms with Crippen LogP contribution in [0, 0.1) is 4.77 Å². The number of rotatable bonds is 3. The SMILES string of the molecule is CSC1(Cn2c(=S)[nH]c3ccc(Br)cc32)CCCC1. The van der Waals surface area contributed by atoms with Gasteiger partial charge in [0.2, 0.25) is 0 Å². The summed E-state index contributed by atoms with van der Waals surface area (Å²) in [6.45, 7) is 1.02. The van der Waals surface area contributed by atoms with Crippen molar-refractivity contribution >= 4 is 50.9 Å². The number of H-pyrrole nitrogens is 1. The molecule has 2 nitrogen and oxygen atoms in total. The number of hydrogen-bond donors (Lipinski definition) is 1. The number of imidazole rings is 1. The van der Waals surface area contributed by atoms with E-state index in [9.17, 15) is 0 Å². The fraction of sp³-hybridized carbons (Fsp3) is 0.500. The monoisotopic (exact) mass is 356 g/mol. The summed E-state index contributed by atoms with van der Waals surface area (Å²) in [5.41, 5.74) is 2.34. The normalized spacial score (nSPS) is 18.2. The smallest absolute Gasteiger partial charge is 0.178 e. The van der Waals surface area contributed by atoms with Crippen molar-refractivity contribution in [2.24, 2.45) is 0 Å². The Morgan fingerprint density at radius 2 is 2.16 bits per heavy atom. The molecule has 1 saturated carbocycles. The Morgan fingerprint density at radius 1 is 1.42 bits per heavy atom. The van der Waals surface area contributed by atoms with Crippen molar-refractivity contribution in [1.82, 2.24) is 9.55 Å². The van der Waals surface area contributed by atoms with Crippen molar-refractivity contribution in [2.45, 2.75) is 37.0 Å². The van der Waals surface area contributed by atoms with Crippen LogP contribution in [0.1, 0.15) is 25.7 Å². The Labute approximate surface area is 131 Å². The molecule has 0 aliphatic heterocycles. The van der Waals surface area contributed by atoms with Gasteiger partial charge in [0.05, 0.1) is 11.0 Å². The minimum Gasteiger partial charge on any atom is -0.331 e. The molecule has 1 aromatic heterocycles. The van der Waals surface area contributed by atoms with Crippen LogP contribution in [0.5, 0.6) is 0 Å². The van der Waals surface area contributed by atoms with Gasteiger partial charge in [-0.25, -0.2) is 0 Å². The van der Waals surface area contributed by atoms with Gasteiger partial charge in [-0.3, -0.25) is 0 Å². The van der Waals surface area contributed by atoms with Gasteiger partial charge in [0.15, 0.2) is 4.77 Å². The molecule has 0 unspecified atom stereocenters. The molecule has 0 bridgehead atoms. The first kappa shape index (κ1) is 13.7. The van der Waals surface area contributed by atoms with Gasteiger partial charge >= 0.3 is 0 Å². The van der Waals surface area contributed by atoms with Crippen LogP contribution in [0.2, 0.25) is 0 Å². The third-order valence-corrected chi connectivity index (χ3v) is 6.35. The maximum atomic E-state index is 5.51. The lowest BCUT2D eigenvalue weighted by atomic mass is 10.1. The van der Waals surface area contributed by atoms with Crippen LogP contribution in [0.4, 0.5) is 0 Å². The highest BCUT2D eigenvalue weighted by Gasteiger charge is 2.33. The molecule has 0 saturated heterocycles. The van der Waals surface area contributed by atoms with E-state index in [-0.39, 0.29) is 0 Å². The van der Waals surface area contributed by atoms with Crippen molar-refractivity contribution in [3.05, 3.63) is 27.4 Å². The topological polar surface area (TPSA) is 20.7 Å². The lowest BCUT2D eigenvalue weighted by Gasteiger charge is -2.27. The van der Waals surface area contributed by atoms with Gasteiger partial charge in [-0.1, -0.05) is 28.8 Å². The second-order valence-corrected chi connectivity index (χ2v) is 7.85. The zero-order chi connectivity index (χ0) is 13.5. The summed E-state index contributed by atoms with van der Waals surface area (Å²) in [4.78, 5) is 3.32. The molecule has 1 aromatic carbocycles. The Hall–Kier alpha value is -0.260. The van der Waals surface area contributed by atoms with E-state index in [1.807, 2.05) is 11.8 Å². The van der Waals surface area contributed by atoms with Crippen molar-refractivity contribution in [3.63, 3.8) is 0 Å². The molecule has 102 valence electrons. The minimum absolute atomic E-state index is 0.371. The van der Waals surface area contributed by atoms with Crippen molar-refractivity contribution < 1.29 is 0 Å². The second kappa shape index (κ2) is 5.26. The van der Waals surface area contributed by atoms with Crippen LogP contribution in [0.3, 0.4) is 0 Å². The van der Waals surface area contributed by atoms with Gasteiger partial charge in [-0.15, -0.1) is 0 Å². The molecule has 0 radical (unpaired) electrons. The number of fused-ring (bicyclic) bond motifs is 1.